The van der Waals surface area contributed by atoms with E-state index in [1.807, 2.05) is 0 Å². The van der Waals surface area contributed by atoms with E-state index in [2.05, 4.69) is 15.5 Å². The molecule has 116 valence electrons. The summed E-state index contributed by atoms with van der Waals surface area (Å²) in [5.74, 6) is -0.748. The Morgan fingerprint density at radius 3 is 2.86 bits per heavy atom. The van der Waals surface area contributed by atoms with Gasteiger partial charge < -0.3 is 9.64 Å². The summed E-state index contributed by atoms with van der Waals surface area (Å²) in [4.78, 5) is 13.5. The number of hydrogen-bond donors (Lipinski definition) is 0. The van der Waals surface area contributed by atoms with Crippen LogP contribution in [0.4, 0.5) is 18.9 Å². The smallest absolute Gasteiger partial charge is 0.420 e. The second-order valence-corrected chi connectivity index (χ2v) is 4.55. The summed E-state index contributed by atoms with van der Waals surface area (Å²) < 4.78 is 45.3. The van der Waals surface area contributed by atoms with E-state index in [9.17, 15) is 18.0 Å². The first-order chi connectivity index (χ1) is 10.5. The number of benzene rings is 1. The van der Waals surface area contributed by atoms with E-state index in [-0.39, 0.29) is 31.1 Å². The van der Waals surface area contributed by atoms with Crippen LogP contribution in [0, 0.1) is 0 Å². The number of carbonyl (C=O) groups excluding carboxylic acids is 1. The van der Waals surface area contributed by atoms with Gasteiger partial charge in [0.25, 0.3) is 0 Å². The molecule has 0 spiro atoms. The molecule has 0 fully saturated rings. The minimum absolute atomic E-state index is 0.0125. The van der Waals surface area contributed by atoms with E-state index in [1.54, 1.807) is 0 Å². The number of carbonyl (C=O) groups is 1. The van der Waals surface area contributed by atoms with Crippen LogP contribution in [0.25, 0.3) is 0 Å². The Bertz CT molecular complexity index is 687. The number of para-hydroxylation sites is 1. The predicted octanol–water partition coefficient (Wildman–Crippen LogP) is 1.12. The quantitative estimate of drug-likeness (QED) is 0.830. The molecule has 10 heteroatoms. The highest BCUT2D eigenvalue weighted by atomic mass is 19.4. The number of anilines is 1. The molecule has 1 amide bonds. The Kier molecular flexibility index (Phi) is 3.43. The lowest BCUT2D eigenvalue weighted by Gasteiger charge is -2.31. The maximum Gasteiger partial charge on any atom is 0.420 e. The molecule has 7 nitrogen and oxygen atoms in total. The zero-order valence-corrected chi connectivity index (χ0v) is 11.1. The van der Waals surface area contributed by atoms with Gasteiger partial charge in [-0.1, -0.05) is 6.07 Å². The van der Waals surface area contributed by atoms with Crippen molar-refractivity contribution in [2.45, 2.75) is 12.7 Å². The molecule has 1 aliphatic rings. The maximum absolute atomic E-state index is 13.0. The lowest BCUT2D eigenvalue weighted by atomic mass is 10.1. The maximum atomic E-state index is 13.0. The van der Waals surface area contributed by atoms with Crippen molar-refractivity contribution in [3.8, 4) is 5.75 Å². The van der Waals surface area contributed by atoms with Crippen LogP contribution in [-0.4, -0.2) is 39.3 Å². The van der Waals surface area contributed by atoms with Crippen molar-refractivity contribution in [3.05, 3.63) is 30.1 Å². The van der Waals surface area contributed by atoms with Gasteiger partial charge in [-0.3, -0.25) is 4.79 Å². The van der Waals surface area contributed by atoms with E-state index < -0.39 is 17.6 Å². The zero-order valence-electron chi connectivity index (χ0n) is 11.1. The van der Waals surface area contributed by atoms with Crippen LogP contribution < -0.4 is 9.64 Å². The molecule has 2 aromatic rings. The number of rotatable bonds is 2. The van der Waals surface area contributed by atoms with Crippen molar-refractivity contribution in [1.82, 2.24) is 20.2 Å². The number of nitrogens with zero attached hydrogens (tertiary/aromatic N) is 5. The average Bonchev–Trinajstić information content (AvgIpc) is 2.97. The highest BCUT2D eigenvalue weighted by Crippen LogP contribution is 2.43. The Balaban J connectivity index is 1.93. The molecule has 0 N–H and O–H groups in total. The average molecular weight is 313 g/mol. The molecule has 1 aromatic heterocycles. The topological polar surface area (TPSA) is 73.1 Å². The summed E-state index contributed by atoms with van der Waals surface area (Å²) in [5, 5.41) is 10.4. The molecule has 0 saturated heterocycles. The van der Waals surface area contributed by atoms with Crippen LogP contribution in [0.5, 0.6) is 5.75 Å². The third-order valence-corrected chi connectivity index (χ3v) is 3.14. The molecule has 0 radical (unpaired) electrons. The number of fused-ring (bicyclic) bond motifs is 1. The van der Waals surface area contributed by atoms with Gasteiger partial charge in [-0.25, -0.2) is 4.68 Å². The van der Waals surface area contributed by atoms with Crippen molar-refractivity contribution >= 4 is 11.6 Å². The van der Waals surface area contributed by atoms with E-state index in [4.69, 9.17) is 4.74 Å². The number of alkyl halides is 3. The van der Waals surface area contributed by atoms with Crippen LogP contribution in [0.3, 0.4) is 0 Å². The van der Waals surface area contributed by atoms with Crippen LogP contribution >= 0.6 is 0 Å². The molecule has 0 saturated carbocycles. The van der Waals surface area contributed by atoms with Gasteiger partial charge in [0.15, 0.2) is 5.75 Å². The summed E-state index contributed by atoms with van der Waals surface area (Å²) in [5.41, 5.74) is -0.802. The normalized spacial score (nSPS) is 14.4. The number of hydrogen-bond acceptors (Lipinski definition) is 5. The SMILES string of the molecule is O=C(Cn1cnnn1)N1CCOc2c1cccc2C(F)(F)F. The summed E-state index contributed by atoms with van der Waals surface area (Å²) in [6, 6.07) is 3.59. The second-order valence-electron chi connectivity index (χ2n) is 4.55. The molecular weight excluding hydrogens is 303 g/mol. The van der Waals surface area contributed by atoms with Crippen LogP contribution in [0.1, 0.15) is 5.56 Å². The zero-order chi connectivity index (χ0) is 15.7. The lowest BCUT2D eigenvalue weighted by Crippen LogP contribution is -2.40. The summed E-state index contributed by atoms with van der Waals surface area (Å²) >= 11 is 0. The summed E-state index contributed by atoms with van der Waals surface area (Å²) in [6.45, 7) is -0.0145. The standard InChI is InChI=1S/C12H10F3N5O2/c13-12(14,15)8-2-1-3-9-11(8)22-5-4-20(9)10(21)6-19-7-16-17-18-19/h1-3,7H,4-6H2. The number of tetrazole rings is 1. The fourth-order valence-corrected chi connectivity index (χ4v) is 2.21. The van der Waals surface area contributed by atoms with Gasteiger partial charge in [-0.15, -0.1) is 5.10 Å². The predicted molar refractivity (Wildman–Crippen MR) is 67.1 cm³/mol. The van der Waals surface area contributed by atoms with Crippen molar-refractivity contribution < 1.29 is 22.7 Å². The fraction of sp³-hybridized carbons (Fsp3) is 0.333. The molecule has 1 aliphatic heterocycles. The molecule has 0 unspecified atom stereocenters. The van der Waals surface area contributed by atoms with Crippen molar-refractivity contribution in [1.29, 1.82) is 0 Å². The van der Waals surface area contributed by atoms with E-state index >= 15 is 0 Å². The highest BCUT2D eigenvalue weighted by Gasteiger charge is 2.38. The fourth-order valence-electron chi connectivity index (χ4n) is 2.21. The Hall–Kier alpha value is -2.65. The number of aromatic nitrogens is 4. The van der Waals surface area contributed by atoms with Crippen LogP contribution in [0.2, 0.25) is 0 Å². The minimum atomic E-state index is -4.55. The Morgan fingerprint density at radius 1 is 1.36 bits per heavy atom. The van der Waals surface area contributed by atoms with Crippen molar-refractivity contribution in [2.75, 3.05) is 18.1 Å². The molecule has 0 atom stereocenters. The van der Waals surface area contributed by atoms with Gasteiger partial charge in [-0.2, -0.15) is 13.2 Å². The molecule has 3 rings (SSSR count). The third kappa shape index (κ3) is 2.59. The molecule has 2 heterocycles. The van der Waals surface area contributed by atoms with Crippen molar-refractivity contribution in [2.24, 2.45) is 0 Å². The first-order valence-electron chi connectivity index (χ1n) is 6.31. The largest absolute Gasteiger partial charge is 0.489 e. The van der Waals surface area contributed by atoms with Crippen LogP contribution in [0.15, 0.2) is 24.5 Å². The first-order valence-corrected chi connectivity index (χ1v) is 6.31. The molecule has 0 aliphatic carbocycles. The number of amides is 1. The van der Waals surface area contributed by atoms with Gasteiger partial charge in [0.1, 0.15) is 19.5 Å². The third-order valence-electron chi connectivity index (χ3n) is 3.14. The number of halogens is 3. The molecule has 0 bridgehead atoms. The Morgan fingerprint density at radius 2 is 2.18 bits per heavy atom. The minimum Gasteiger partial charge on any atom is -0.489 e. The lowest BCUT2D eigenvalue weighted by molar-refractivity contribution is -0.139. The molecular formula is C12H10F3N5O2. The van der Waals surface area contributed by atoms with Crippen molar-refractivity contribution in [3.63, 3.8) is 0 Å². The summed E-state index contributed by atoms with van der Waals surface area (Å²) in [7, 11) is 0. The van der Waals surface area contributed by atoms with Gasteiger partial charge in [0.05, 0.1) is 17.8 Å². The van der Waals surface area contributed by atoms with Gasteiger partial charge in [0.2, 0.25) is 5.91 Å². The van der Waals surface area contributed by atoms with Gasteiger partial charge in [0, 0.05) is 0 Å². The Labute approximate surface area is 122 Å². The second kappa shape index (κ2) is 5.28. The van der Waals surface area contributed by atoms with E-state index in [1.165, 1.54) is 28.0 Å². The number of ether oxygens (including phenoxy) is 1. The molecule has 22 heavy (non-hydrogen) atoms. The van der Waals surface area contributed by atoms with E-state index in [0.717, 1.165) is 6.07 Å². The summed E-state index contributed by atoms with van der Waals surface area (Å²) in [6.07, 6.45) is -3.29. The van der Waals surface area contributed by atoms with E-state index in [0.29, 0.717) is 0 Å². The monoisotopic (exact) mass is 313 g/mol. The highest BCUT2D eigenvalue weighted by molar-refractivity contribution is 5.95. The molecule has 1 aromatic carbocycles. The van der Waals surface area contributed by atoms with Gasteiger partial charge in [-0.05, 0) is 22.6 Å². The van der Waals surface area contributed by atoms with Crippen LogP contribution in [-0.2, 0) is 17.5 Å². The van der Waals surface area contributed by atoms with Gasteiger partial charge >= 0.3 is 6.18 Å². The first kappa shape index (κ1) is 14.3.